The van der Waals surface area contributed by atoms with E-state index in [0.717, 1.165) is 16.8 Å². The SMILES string of the molecule is Cc1cc(C#CCN)ccc1NC(=O)c1c(C)noc1C. The maximum Gasteiger partial charge on any atom is 0.261 e. The normalized spacial score (nSPS) is 9.90. The Bertz CT molecular complexity index is 716. The van der Waals surface area contributed by atoms with Gasteiger partial charge in [0.15, 0.2) is 0 Å². The number of benzene rings is 1. The van der Waals surface area contributed by atoms with E-state index in [4.69, 9.17) is 10.3 Å². The minimum absolute atomic E-state index is 0.227. The van der Waals surface area contributed by atoms with Crippen LogP contribution in [0.25, 0.3) is 0 Å². The molecule has 2 rings (SSSR count). The molecular formula is C16H17N3O2. The van der Waals surface area contributed by atoms with E-state index in [0.29, 0.717) is 23.6 Å². The summed E-state index contributed by atoms with van der Waals surface area (Å²) in [5, 5.41) is 6.65. The van der Waals surface area contributed by atoms with Crippen molar-refractivity contribution < 1.29 is 9.32 Å². The number of nitrogens with two attached hydrogens (primary N) is 1. The number of carbonyl (C=O) groups excluding carboxylic acids is 1. The summed E-state index contributed by atoms with van der Waals surface area (Å²) in [5.41, 5.74) is 8.93. The maximum atomic E-state index is 12.3. The quantitative estimate of drug-likeness (QED) is 0.828. The number of amides is 1. The number of carbonyl (C=O) groups is 1. The molecule has 0 spiro atoms. The number of nitrogens with one attached hydrogen (secondary N) is 1. The standard InChI is InChI=1S/C16H17N3O2/c1-10-9-13(5-4-8-17)6-7-14(10)18-16(20)15-11(2)19-21-12(15)3/h6-7,9H,8,17H2,1-3H3,(H,18,20). The first-order chi connectivity index (χ1) is 10.0. The van der Waals surface area contributed by atoms with Gasteiger partial charge >= 0.3 is 0 Å². The van der Waals surface area contributed by atoms with Gasteiger partial charge in [-0.15, -0.1) is 0 Å². The Labute approximate surface area is 123 Å². The molecule has 0 unspecified atom stereocenters. The number of hydrogen-bond donors (Lipinski definition) is 2. The molecule has 0 fully saturated rings. The van der Waals surface area contributed by atoms with Crippen LogP contribution in [0.1, 0.15) is 32.9 Å². The summed E-state index contributed by atoms with van der Waals surface area (Å²) in [6.45, 7) is 5.69. The van der Waals surface area contributed by atoms with Crippen LogP contribution in [0.4, 0.5) is 5.69 Å². The zero-order valence-corrected chi connectivity index (χ0v) is 12.3. The molecule has 0 atom stereocenters. The van der Waals surface area contributed by atoms with Crippen LogP contribution in [0.3, 0.4) is 0 Å². The second kappa shape index (κ2) is 6.25. The third-order valence-electron chi connectivity index (χ3n) is 3.07. The van der Waals surface area contributed by atoms with E-state index in [2.05, 4.69) is 22.3 Å². The highest BCUT2D eigenvalue weighted by Crippen LogP contribution is 2.19. The molecule has 2 aromatic rings. The summed E-state index contributed by atoms with van der Waals surface area (Å²) in [4.78, 5) is 12.3. The Morgan fingerprint density at radius 2 is 2.14 bits per heavy atom. The van der Waals surface area contributed by atoms with Crippen LogP contribution in [0.5, 0.6) is 0 Å². The molecule has 5 heteroatoms. The van der Waals surface area contributed by atoms with E-state index >= 15 is 0 Å². The van der Waals surface area contributed by atoms with Gasteiger partial charge in [0.25, 0.3) is 5.91 Å². The molecule has 0 bridgehead atoms. The monoisotopic (exact) mass is 283 g/mol. The van der Waals surface area contributed by atoms with Gasteiger partial charge < -0.3 is 15.6 Å². The highest BCUT2D eigenvalue weighted by molar-refractivity contribution is 6.06. The van der Waals surface area contributed by atoms with Gasteiger partial charge in [0.1, 0.15) is 11.3 Å². The Kier molecular flexibility index (Phi) is 4.41. The predicted octanol–water partition coefficient (Wildman–Crippen LogP) is 2.16. The summed E-state index contributed by atoms with van der Waals surface area (Å²) >= 11 is 0. The van der Waals surface area contributed by atoms with Gasteiger partial charge in [-0.1, -0.05) is 17.0 Å². The molecular weight excluding hydrogens is 266 g/mol. The fourth-order valence-corrected chi connectivity index (χ4v) is 2.03. The first-order valence-electron chi connectivity index (χ1n) is 6.56. The zero-order chi connectivity index (χ0) is 15.4. The van der Waals surface area contributed by atoms with Gasteiger partial charge in [0.05, 0.1) is 12.2 Å². The second-order valence-corrected chi connectivity index (χ2v) is 4.69. The fourth-order valence-electron chi connectivity index (χ4n) is 2.03. The van der Waals surface area contributed by atoms with Crippen molar-refractivity contribution in [1.29, 1.82) is 0 Å². The molecule has 1 amide bonds. The minimum atomic E-state index is -0.227. The minimum Gasteiger partial charge on any atom is -0.361 e. The van der Waals surface area contributed by atoms with Crippen LogP contribution < -0.4 is 11.1 Å². The van der Waals surface area contributed by atoms with E-state index in [1.54, 1.807) is 13.8 Å². The van der Waals surface area contributed by atoms with E-state index in [-0.39, 0.29) is 5.91 Å². The van der Waals surface area contributed by atoms with Crippen molar-refractivity contribution in [2.75, 3.05) is 11.9 Å². The molecule has 0 aliphatic heterocycles. The lowest BCUT2D eigenvalue weighted by molar-refractivity contribution is 0.102. The van der Waals surface area contributed by atoms with E-state index in [1.807, 2.05) is 25.1 Å². The molecule has 5 nitrogen and oxygen atoms in total. The van der Waals surface area contributed by atoms with E-state index in [9.17, 15) is 4.79 Å². The average molecular weight is 283 g/mol. The van der Waals surface area contributed by atoms with Crippen LogP contribution in [0.2, 0.25) is 0 Å². The van der Waals surface area contributed by atoms with Gasteiger partial charge in [0, 0.05) is 11.3 Å². The van der Waals surface area contributed by atoms with Crippen LogP contribution in [-0.4, -0.2) is 17.6 Å². The first kappa shape index (κ1) is 14.8. The van der Waals surface area contributed by atoms with E-state index < -0.39 is 0 Å². The summed E-state index contributed by atoms with van der Waals surface area (Å²) in [7, 11) is 0. The number of aromatic nitrogens is 1. The number of rotatable bonds is 2. The topological polar surface area (TPSA) is 81.1 Å². The van der Waals surface area contributed by atoms with E-state index in [1.165, 1.54) is 0 Å². The average Bonchev–Trinajstić information content (AvgIpc) is 2.78. The molecule has 0 saturated carbocycles. The smallest absolute Gasteiger partial charge is 0.261 e. The third kappa shape index (κ3) is 3.30. The summed E-state index contributed by atoms with van der Waals surface area (Å²) < 4.78 is 5.01. The predicted molar refractivity (Wildman–Crippen MR) is 81.0 cm³/mol. The number of nitrogens with zero attached hydrogens (tertiary/aromatic N) is 1. The Hall–Kier alpha value is -2.58. The van der Waals surface area contributed by atoms with Gasteiger partial charge in [-0.05, 0) is 44.5 Å². The zero-order valence-electron chi connectivity index (χ0n) is 12.3. The number of aryl methyl sites for hydroxylation is 3. The molecule has 0 aliphatic rings. The summed E-state index contributed by atoms with van der Waals surface area (Å²) in [6.07, 6.45) is 0. The van der Waals surface area contributed by atoms with Crippen molar-refractivity contribution in [3.63, 3.8) is 0 Å². The Balaban J connectivity index is 2.22. The molecule has 0 saturated heterocycles. The van der Waals surface area contributed by atoms with Crippen molar-refractivity contribution in [1.82, 2.24) is 5.16 Å². The van der Waals surface area contributed by atoms with Crippen LogP contribution in [0.15, 0.2) is 22.7 Å². The lowest BCUT2D eigenvalue weighted by Gasteiger charge is -2.08. The largest absolute Gasteiger partial charge is 0.361 e. The van der Waals surface area contributed by atoms with Crippen molar-refractivity contribution in [3.05, 3.63) is 46.3 Å². The van der Waals surface area contributed by atoms with Gasteiger partial charge in [-0.3, -0.25) is 4.79 Å². The Morgan fingerprint density at radius 1 is 1.38 bits per heavy atom. The van der Waals surface area contributed by atoms with Crippen molar-refractivity contribution in [2.24, 2.45) is 5.73 Å². The van der Waals surface area contributed by atoms with Crippen LogP contribution in [-0.2, 0) is 0 Å². The molecule has 3 N–H and O–H groups in total. The highest BCUT2D eigenvalue weighted by Gasteiger charge is 2.18. The molecule has 1 heterocycles. The highest BCUT2D eigenvalue weighted by atomic mass is 16.5. The van der Waals surface area contributed by atoms with Gasteiger partial charge in [-0.25, -0.2) is 0 Å². The van der Waals surface area contributed by atoms with Crippen LogP contribution in [0, 0.1) is 32.6 Å². The van der Waals surface area contributed by atoms with Crippen molar-refractivity contribution >= 4 is 11.6 Å². The molecule has 0 aliphatic carbocycles. The molecule has 1 aromatic carbocycles. The molecule has 0 radical (unpaired) electrons. The molecule has 21 heavy (non-hydrogen) atoms. The summed E-state index contributed by atoms with van der Waals surface area (Å²) in [5.74, 6) is 6.04. The lowest BCUT2D eigenvalue weighted by atomic mass is 10.1. The molecule has 108 valence electrons. The van der Waals surface area contributed by atoms with Crippen molar-refractivity contribution in [2.45, 2.75) is 20.8 Å². The van der Waals surface area contributed by atoms with Crippen LogP contribution >= 0.6 is 0 Å². The molecule has 1 aromatic heterocycles. The lowest BCUT2D eigenvalue weighted by Crippen LogP contribution is -2.14. The fraction of sp³-hybridized carbons (Fsp3) is 0.250. The second-order valence-electron chi connectivity index (χ2n) is 4.69. The Morgan fingerprint density at radius 3 is 2.71 bits per heavy atom. The van der Waals surface area contributed by atoms with Gasteiger partial charge in [-0.2, -0.15) is 0 Å². The maximum absolute atomic E-state index is 12.3. The number of anilines is 1. The van der Waals surface area contributed by atoms with Gasteiger partial charge in [0.2, 0.25) is 0 Å². The van der Waals surface area contributed by atoms with Crippen molar-refractivity contribution in [3.8, 4) is 11.8 Å². The number of hydrogen-bond acceptors (Lipinski definition) is 4. The first-order valence-corrected chi connectivity index (χ1v) is 6.56. The third-order valence-corrected chi connectivity index (χ3v) is 3.07. The summed E-state index contributed by atoms with van der Waals surface area (Å²) in [6, 6.07) is 5.58.